The first kappa shape index (κ1) is 9.79. The predicted octanol–water partition coefficient (Wildman–Crippen LogP) is 2.73. The van der Waals surface area contributed by atoms with Gasteiger partial charge < -0.3 is 5.32 Å². The van der Waals surface area contributed by atoms with E-state index in [-0.39, 0.29) is 0 Å². The van der Waals surface area contributed by atoms with Crippen LogP contribution in [-0.2, 0) is 0 Å². The lowest BCUT2D eigenvalue weighted by molar-refractivity contribution is 0.503. The molecule has 1 heteroatoms. The fourth-order valence-electron chi connectivity index (χ4n) is 1.85. The molecular weight excluding hydrogens is 146 g/mol. The molecule has 12 heavy (non-hydrogen) atoms. The van der Waals surface area contributed by atoms with E-state index in [1.165, 1.54) is 19.4 Å². The quantitative estimate of drug-likeness (QED) is 0.592. The van der Waals surface area contributed by atoms with Gasteiger partial charge >= 0.3 is 0 Å². The minimum Gasteiger partial charge on any atom is -0.311 e. The monoisotopic (exact) mass is 167 g/mol. The molecule has 1 fully saturated rings. The van der Waals surface area contributed by atoms with Crippen molar-refractivity contribution in [1.29, 1.82) is 0 Å². The summed E-state index contributed by atoms with van der Waals surface area (Å²) in [7, 11) is 0. The molecule has 0 radical (unpaired) electrons. The second-order valence-electron chi connectivity index (χ2n) is 4.14. The molecule has 0 aliphatic carbocycles. The second kappa shape index (κ2) is 4.08. The van der Waals surface area contributed by atoms with E-state index < -0.39 is 0 Å². The summed E-state index contributed by atoms with van der Waals surface area (Å²) >= 11 is 0. The van der Waals surface area contributed by atoms with Crippen molar-refractivity contribution in [2.45, 2.75) is 46.6 Å². The molecule has 1 N–H and O–H groups in total. The van der Waals surface area contributed by atoms with Crippen molar-refractivity contribution in [1.82, 2.24) is 5.32 Å². The topological polar surface area (TPSA) is 12.0 Å². The highest BCUT2D eigenvalue weighted by molar-refractivity contribution is 5.20. The fourth-order valence-corrected chi connectivity index (χ4v) is 1.85. The zero-order valence-electron chi connectivity index (χ0n) is 8.78. The van der Waals surface area contributed by atoms with E-state index in [4.69, 9.17) is 0 Å². The average Bonchev–Trinajstić information content (AvgIpc) is 2.04. The van der Waals surface area contributed by atoms with E-state index in [0.29, 0.717) is 12.0 Å². The number of hydrogen-bond donors (Lipinski definition) is 1. The molecule has 0 aromatic heterocycles. The largest absolute Gasteiger partial charge is 0.311 e. The van der Waals surface area contributed by atoms with Gasteiger partial charge in [0.25, 0.3) is 0 Å². The van der Waals surface area contributed by atoms with Crippen molar-refractivity contribution in [2.75, 3.05) is 6.54 Å². The first-order chi connectivity index (χ1) is 5.63. The van der Waals surface area contributed by atoms with Crippen LogP contribution in [0.2, 0.25) is 0 Å². The Hall–Kier alpha value is -0.300. The summed E-state index contributed by atoms with van der Waals surface area (Å²) in [4.78, 5) is 0. The molecule has 0 spiro atoms. The standard InChI is InChI=1S/C11H21N/c1-8(2)9(3)11-6-5-7-12-10(11)4/h8,10,12H,5-7H2,1-4H3/b11-9+. The maximum absolute atomic E-state index is 3.51. The van der Waals surface area contributed by atoms with E-state index in [0.717, 1.165) is 0 Å². The smallest absolute Gasteiger partial charge is 0.0253 e. The molecule has 1 saturated heterocycles. The third-order valence-electron chi connectivity index (χ3n) is 2.97. The van der Waals surface area contributed by atoms with Crippen molar-refractivity contribution in [3.63, 3.8) is 0 Å². The van der Waals surface area contributed by atoms with Crippen molar-refractivity contribution in [3.05, 3.63) is 11.1 Å². The van der Waals surface area contributed by atoms with Crippen LogP contribution in [-0.4, -0.2) is 12.6 Å². The molecule has 1 atom stereocenters. The lowest BCUT2D eigenvalue weighted by atomic mass is 9.89. The lowest BCUT2D eigenvalue weighted by Crippen LogP contribution is -2.34. The minimum absolute atomic E-state index is 0.612. The molecule has 0 amide bonds. The Morgan fingerprint density at radius 1 is 1.50 bits per heavy atom. The van der Waals surface area contributed by atoms with E-state index in [2.05, 4.69) is 33.0 Å². The van der Waals surface area contributed by atoms with Gasteiger partial charge in [0.1, 0.15) is 0 Å². The number of rotatable bonds is 1. The Labute approximate surface area is 76.2 Å². The van der Waals surface area contributed by atoms with Crippen LogP contribution < -0.4 is 5.32 Å². The summed E-state index contributed by atoms with van der Waals surface area (Å²) in [5.41, 5.74) is 3.24. The summed E-state index contributed by atoms with van der Waals surface area (Å²) in [6, 6.07) is 0.612. The van der Waals surface area contributed by atoms with Crippen molar-refractivity contribution >= 4 is 0 Å². The summed E-state index contributed by atoms with van der Waals surface area (Å²) in [6.45, 7) is 10.3. The molecule has 0 aromatic carbocycles. The molecule has 1 heterocycles. The molecule has 1 rings (SSSR count). The first-order valence-electron chi connectivity index (χ1n) is 5.06. The van der Waals surface area contributed by atoms with Crippen LogP contribution in [0.4, 0.5) is 0 Å². The van der Waals surface area contributed by atoms with Crippen molar-refractivity contribution < 1.29 is 0 Å². The lowest BCUT2D eigenvalue weighted by Gasteiger charge is -2.27. The number of hydrogen-bond acceptors (Lipinski definition) is 1. The molecule has 0 bridgehead atoms. The van der Waals surface area contributed by atoms with Gasteiger partial charge in [0.15, 0.2) is 0 Å². The Morgan fingerprint density at radius 3 is 2.67 bits per heavy atom. The zero-order chi connectivity index (χ0) is 9.14. The first-order valence-corrected chi connectivity index (χ1v) is 5.06. The van der Waals surface area contributed by atoms with Gasteiger partial charge in [0, 0.05) is 6.04 Å². The van der Waals surface area contributed by atoms with E-state index >= 15 is 0 Å². The minimum atomic E-state index is 0.612. The van der Waals surface area contributed by atoms with E-state index in [1.54, 1.807) is 11.1 Å². The number of nitrogens with one attached hydrogen (secondary N) is 1. The SMILES string of the molecule is C/C(=C1/CCCNC1C)C(C)C. The van der Waals surface area contributed by atoms with Gasteiger partial charge in [0.2, 0.25) is 0 Å². The van der Waals surface area contributed by atoms with Crippen LogP contribution in [0.25, 0.3) is 0 Å². The average molecular weight is 167 g/mol. The maximum atomic E-state index is 3.51. The predicted molar refractivity (Wildman–Crippen MR) is 54.2 cm³/mol. The summed E-state index contributed by atoms with van der Waals surface area (Å²) in [5, 5.41) is 3.51. The maximum Gasteiger partial charge on any atom is 0.0253 e. The third-order valence-corrected chi connectivity index (χ3v) is 2.97. The highest BCUT2D eigenvalue weighted by Crippen LogP contribution is 2.23. The molecule has 1 unspecified atom stereocenters. The van der Waals surface area contributed by atoms with Gasteiger partial charge in [-0.1, -0.05) is 25.0 Å². The van der Waals surface area contributed by atoms with Crippen molar-refractivity contribution in [3.8, 4) is 0 Å². The van der Waals surface area contributed by atoms with Gasteiger partial charge in [0.05, 0.1) is 0 Å². The molecule has 1 aliphatic rings. The van der Waals surface area contributed by atoms with Crippen LogP contribution in [0, 0.1) is 5.92 Å². The number of piperidine rings is 1. The van der Waals surface area contributed by atoms with Gasteiger partial charge in [-0.15, -0.1) is 0 Å². The van der Waals surface area contributed by atoms with Crippen LogP contribution >= 0.6 is 0 Å². The van der Waals surface area contributed by atoms with Crippen LogP contribution in [0.15, 0.2) is 11.1 Å². The molecule has 70 valence electrons. The highest BCUT2D eigenvalue weighted by Gasteiger charge is 2.16. The Kier molecular flexibility index (Phi) is 3.33. The Balaban J connectivity index is 2.75. The summed E-state index contributed by atoms with van der Waals surface area (Å²) in [6.07, 6.45) is 2.61. The van der Waals surface area contributed by atoms with Gasteiger partial charge in [-0.05, 0) is 39.2 Å². The molecule has 0 saturated carbocycles. The fraction of sp³-hybridized carbons (Fsp3) is 0.818. The Morgan fingerprint density at radius 2 is 2.17 bits per heavy atom. The van der Waals surface area contributed by atoms with Gasteiger partial charge in [-0.25, -0.2) is 0 Å². The zero-order valence-corrected chi connectivity index (χ0v) is 8.78. The highest BCUT2D eigenvalue weighted by atomic mass is 14.9. The third kappa shape index (κ3) is 2.10. The Bertz CT molecular complexity index is 179. The van der Waals surface area contributed by atoms with Gasteiger partial charge in [-0.2, -0.15) is 0 Å². The van der Waals surface area contributed by atoms with Gasteiger partial charge in [-0.3, -0.25) is 0 Å². The normalized spacial score (nSPS) is 29.2. The van der Waals surface area contributed by atoms with E-state index in [1.807, 2.05) is 0 Å². The van der Waals surface area contributed by atoms with Crippen LogP contribution in [0.5, 0.6) is 0 Å². The molecule has 1 nitrogen and oxygen atoms in total. The molecule has 0 aromatic rings. The molecule has 1 aliphatic heterocycles. The van der Waals surface area contributed by atoms with Crippen LogP contribution in [0.1, 0.15) is 40.5 Å². The van der Waals surface area contributed by atoms with E-state index in [9.17, 15) is 0 Å². The molecular formula is C11H21N. The number of allylic oxidation sites excluding steroid dienone is 1. The van der Waals surface area contributed by atoms with Crippen LogP contribution in [0.3, 0.4) is 0 Å². The second-order valence-corrected chi connectivity index (χ2v) is 4.14. The summed E-state index contributed by atoms with van der Waals surface area (Å²) < 4.78 is 0. The van der Waals surface area contributed by atoms with Crippen molar-refractivity contribution in [2.24, 2.45) is 5.92 Å². The summed E-state index contributed by atoms with van der Waals surface area (Å²) in [5.74, 6) is 0.711.